The molecule has 0 aliphatic heterocycles. The van der Waals surface area contributed by atoms with Crippen LogP contribution in [0.15, 0.2) is 47.4 Å². The Morgan fingerprint density at radius 2 is 1.83 bits per heavy atom. The lowest BCUT2D eigenvalue weighted by atomic mass is 10.1. The third-order valence-electron chi connectivity index (χ3n) is 3.71. The Hall–Kier alpha value is -2.18. The number of aryl methyl sites for hydroxylation is 1. The van der Waals surface area contributed by atoms with Gasteiger partial charge in [0.15, 0.2) is 9.84 Å². The first-order valence-corrected chi connectivity index (χ1v) is 9.62. The van der Waals surface area contributed by atoms with Gasteiger partial charge in [0.25, 0.3) is 5.91 Å². The average Bonchev–Trinajstić information content (AvgIpc) is 2.53. The molecular formula is C18H22N2O3S. The van der Waals surface area contributed by atoms with E-state index in [9.17, 15) is 13.2 Å². The molecule has 128 valence electrons. The van der Waals surface area contributed by atoms with Crippen LogP contribution in [0.5, 0.6) is 0 Å². The van der Waals surface area contributed by atoms with E-state index >= 15 is 0 Å². The third-order valence-corrected chi connectivity index (χ3v) is 4.82. The quantitative estimate of drug-likeness (QED) is 0.843. The van der Waals surface area contributed by atoms with Crippen molar-refractivity contribution < 1.29 is 13.2 Å². The van der Waals surface area contributed by atoms with Crippen molar-refractivity contribution in [2.24, 2.45) is 0 Å². The van der Waals surface area contributed by atoms with Crippen LogP contribution in [0.3, 0.4) is 0 Å². The molecule has 0 atom stereocenters. The fraction of sp³-hybridized carbons (Fsp3) is 0.278. The molecule has 0 bridgehead atoms. The van der Waals surface area contributed by atoms with E-state index in [0.717, 1.165) is 23.9 Å². The zero-order valence-electron chi connectivity index (χ0n) is 14.1. The summed E-state index contributed by atoms with van der Waals surface area (Å²) in [4.78, 5) is 12.8. The van der Waals surface area contributed by atoms with E-state index in [0.29, 0.717) is 17.8 Å². The second-order valence-corrected chi connectivity index (χ2v) is 7.66. The highest BCUT2D eigenvalue weighted by Gasteiger charge is 2.15. The molecule has 0 spiro atoms. The number of rotatable bonds is 6. The van der Waals surface area contributed by atoms with Crippen LogP contribution in [0.1, 0.15) is 28.4 Å². The molecule has 0 aliphatic carbocycles. The lowest BCUT2D eigenvalue weighted by Gasteiger charge is -2.13. The van der Waals surface area contributed by atoms with E-state index in [1.165, 1.54) is 12.1 Å². The van der Waals surface area contributed by atoms with Crippen molar-refractivity contribution >= 4 is 21.4 Å². The maximum absolute atomic E-state index is 12.6. The summed E-state index contributed by atoms with van der Waals surface area (Å²) in [5.74, 6) is -0.318. The maximum Gasteiger partial charge on any atom is 0.255 e. The van der Waals surface area contributed by atoms with E-state index in [-0.39, 0.29) is 10.8 Å². The predicted octanol–water partition coefficient (Wildman–Crippen LogP) is 2.76. The molecule has 0 radical (unpaired) electrons. The molecule has 2 aromatic carbocycles. The molecule has 0 fully saturated rings. The van der Waals surface area contributed by atoms with Gasteiger partial charge in [0.05, 0.1) is 4.90 Å². The van der Waals surface area contributed by atoms with E-state index in [4.69, 9.17) is 0 Å². The summed E-state index contributed by atoms with van der Waals surface area (Å²) in [6.07, 6.45) is 1.13. The number of carbonyl (C=O) groups excluding carboxylic acids is 1. The number of benzene rings is 2. The molecule has 0 unspecified atom stereocenters. The minimum atomic E-state index is -3.36. The molecule has 1 amide bonds. The van der Waals surface area contributed by atoms with Gasteiger partial charge in [-0.05, 0) is 42.8 Å². The highest BCUT2D eigenvalue weighted by molar-refractivity contribution is 7.90. The normalized spacial score (nSPS) is 11.3. The summed E-state index contributed by atoms with van der Waals surface area (Å²) in [5, 5.41) is 6.11. The molecule has 2 aromatic rings. The van der Waals surface area contributed by atoms with Crippen molar-refractivity contribution in [3.8, 4) is 0 Å². The Morgan fingerprint density at radius 1 is 1.12 bits per heavy atom. The molecule has 0 heterocycles. The molecule has 0 saturated heterocycles. The van der Waals surface area contributed by atoms with E-state index in [1.54, 1.807) is 13.0 Å². The van der Waals surface area contributed by atoms with Gasteiger partial charge < -0.3 is 10.6 Å². The van der Waals surface area contributed by atoms with Gasteiger partial charge in [0.2, 0.25) is 0 Å². The Morgan fingerprint density at radius 3 is 2.50 bits per heavy atom. The molecular weight excluding hydrogens is 324 g/mol. The zero-order valence-corrected chi connectivity index (χ0v) is 14.9. The highest BCUT2D eigenvalue weighted by Crippen LogP contribution is 2.20. The van der Waals surface area contributed by atoms with E-state index in [2.05, 4.69) is 10.6 Å². The van der Waals surface area contributed by atoms with Crippen molar-refractivity contribution in [2.75, 3.05) is 18.1 Å². The number of carbonyl (C=O) groups is 1. The summed E-state index contributed by atoms with van der Waals surface area (Å²) in [6, 6.07) is 12.1. The Bertz CT molecular complexity index is 845. The monoisotopic (exact) mass is 346 g/mol. The average molecular weight is 346 g/mol. The van der Waals surface area contributed by atoms with E-state index in [1.807, 2.05) is 31.2 Å². The second kappa shape index (κ2) is 7.59. The van der Waals surface area contributed by atoms with Crippen molar-refractivity contribution in [2.45, 2.75) is 25.3 Å². The number of amides is 1. The number of sulfone groups is 1. The molecule has 2 N–H and O–H groups in total. The van der Waals surface area contributed by atoms with Gasteiger partial charge in [-0.3, -0.25) is 4.79 Å². The number of hydrogen-bond acceptors (Lipinski definition) is 4. The van der Waals surface area contributed by atoms with Crippen molar-refractivity contribution in [1.82, 2.24) is 5.32 Å². The number of anilines is 1. The fourth-order valence-corrected chi connectivity index (χ4v) is 2.97. The molecule has 0 aromatic heterocycles. The van der Waals surface area contributed by atoms with Crippen LogP contribution >= 0.6 is 0 Å². The Balaban J connectivity index is 2.31. The molecule has 0 aliphatic rings. The largest absolute Gasteiger partial charge is 0.322 e. The Labute approximate surface area is 143 Å². The van der Waals surface area contributed by atoms with Gasteiger partial charge >= 0.3 is 0 Å². The third kappa shape index (κ3) is 4.43. The first-order chi connectivity index (χ1) is 11.3. The topological polar surface area (TPSA) is 75.3 Å². The summed E-state index contributed by atoms with van der Waals surface area (Å²) < 4.78 is 23.4. The van der Waals surface area contributed by atoms with Crippen LogP contribution in [0.25, 0.3) is 0 Å². The minimum absolute atomic E-state index is 0.138. The van der Waals surface area contributed by atoms with Crippen molar-refractivity contribution in [1.29, 1.82) is 0 Å². The minimum Gasteiger partial charge on any atom is -0.322 e. The second-order valence-electron chi connectivity index (χ2n) is 5.64. The number of nitrogens with one attached hydrogen (secondary N) is 2. The van der Waals surface area contributed by atoms with Gasteiger partial charge in [-0.25, -0.2) is 8.42 Å². The van der Waals surface area contributed by atoms with Crippen LogP contribution in [-0.4, -0.2) is 27.1 Å². The van der Waals surface area contributed by atoms with Crippen molar-refractivity contribution in [3.05, 3.63) is 59.2 Å². The van der Waals surface area contributed by atoms with Crippen LogP contribution in [-0.2, 0) is 16.4 Å². The SMILES string of the molecule is CCNCc1ccccc1NC(=O)c1cc(S(C)(=O)=O)ccc1C. The highest BCUT2D eigenvalue weighted by atomic mass is 32.2. The first-order valence-electron chi connectivity index (χ1n) is 7.73. The zero-order chi connectivity index (χ0) is 17.7. The predicted molar refractivity (Wildman–Crippen MR) is 96.1 cm³/mol. The standard InChI is InChI=1S/C18H22N2O3S/c1-4-19-12-14-7-5-6-8-17(14)20-18(21)16-11-15(24(3,22)23)10-9-13(16)2/h5-11,19H,4,12H2,1-3H3,(H,20,21). The maximum atomic E-state index is 12.6. The fourth-order valence-electron chi connectivity index (χ4n) is 2.32. The Kier molecular flexibility index (Phi) is 5.75. The molecule has 0 saturated carbocycles. The number of hydrogen-bond donors (Lipinski definition) is 2. The van der Waals surface area contributed by atoms with Gasteiger partial charge in [-0.1, -0.05) is 31.2 Å². The summed E-state index contributed by atoms with van der Waals surface area (Å²) in [5.41, 5.74) is 2.78. The van der Waals surface area contributed by atoms with Crippen molar-refractivity contribution in [3.63, 3.8) is 0 Å². The molecule has 6 heteroatoms. The first kappa shape index (κ1) is 18.2. The van der Waals surface area contributed by atoms with Crippen LogP contribution in [0.2, 0.25) is 0 Å². The molecule has 5 nitrogen and oxygen atoms in total. The van der Waals surface area contributed by atoms with E-state index < -0.39 is 9.84 Å². The van der Waals surface area contributed by atoms with Gasteiger partial charge in [-0.15, -0.1) is 0 Å². The van der Waals surface area contributed by atoms with Gasteiger partial charge in [0.1, 0.15) is 0 Å². The van der Waals surface area contributed by atoms with Crippen LogP contribution in [0.4, 0.5) is 5.69 Å². The summed E-state index contributed by atoms with van der Waals surface area (Å²) in [7, 11) is -3.36. The van der Waals surface area contributed by atoms with Crippen LogP contribution in [0, 0.1) is 6.92 Å². The summed E-state index contributed by atoms with van der Waals surface area (Å²) >= 11 is 0. The lowest BCUT2D eigenvalue weighted by molar-refractivity contribution is 0.102. The summed E-state index contributed by atoms with van der Waals surface area (Å²) in [6.45, 7) is 5.28. The van der Waals surface area contributed by atoms with Gasteiger partial charge in [-0.2, -0.15) is 0 Å². The van der Waals surface area contributed by atoms with Gasteiger partial charge in [0, 0.05) is 24.1 Å². The number of para-hydroxylation sites is 1. The molecule has 2 rings (SSSR count). The molecule has 24 heavy (non-hydrogen) atoms. The van der Waals surface area contributed by atoms with Crippen LogP contribution < -0.4 is 10.6 Å². The lowest BCUT2D eigenvalue weighted by Crippen LogP contribution is -2.18. The smallest absolute Gasteiger partial charge is 0.255 e.